The lowest BCUT2D eigenvalue weighted by atomic mass is 9.94. The van der Waals surface area contributed by atoms with Gasteiger partial charge in [0.1, 0.15) is 0 Å². The largest absolute Gasteiger partial charge is 0.472 e. The number of hydrogen-bond donors (Lipinski definition) is 1. The summed E-state index contributed by atoms with van der Waals surface area (Å²) in [5.74, 6) is 0.501. The third kappa shape index (κ3) is 4.52. The Kier molecular flexibility index (Phi) is 6.30. The maximum Gasteiger partial charge on any atom is 0.0935 e. The van der Waals surface area contributed by atoms with Crippen LogP contribution in [0.2, 0.25) is 0 Å². The van der Waals surface area contributed by atoms with E-state index in [4.69, 9.17) is 9.15 Å². The summed E-state index contributed by atoms with van der Waals surface area (Å²) in [7, 11) is 1.79. The first-order valence-corrected chi connectivity index (χ1v) is 6.46. The molecule has 3 heteroatoms. The minimum absolute atomic E-state index is 0.233. The highest BCUT2D eigenvalue weighted by Crippen LogP contribution is 2.15. The third-order valence-corrected chi connectivity index (χ3v) is 3.02. The van der Waals surface area contributed by atoms with Crippen molar-refractivity contribution in [2.24, 2.45) is 5.92 Å². The molecule has 98 valence electrons. The summed E-state index contributed by atoms with van der Waals surface area (Å²) in [5, 5.41) is 3.57. The van der Waals surface area contributed by atoms with Gasteiger partial charge in [0, 0.05) is 13.2 Å². The van der Waals surface area contributed by atoms with Crippen molar-refractivity contribution in [3.8, 4) is 0 Å². The standard InChI is InChI=1S/C14H25NO2/c1-5-7-15-13(14(16-4)11(2)3)9-12-6-8-17-10-12/h6,8,10-11,13-15H,5,7,9H2,1-4H3. The fraction of sp³-hybridized carbons (Fsp3) is 0.714. The molecule has 0 amide bonds. The van der Waals surface area contributed by atoms with E-state index in [0.717, 1.165) is 19.4 Å². The van der Waals surface area contributed by atoms with Crippen molar-refractivity contribution in [3.63, 3.8) is 0 Å². The monoisotopic (exact) mass is 239 g/mol. The van der Waals surface area contributed by atoms with E-state index in [1.807, 2.05) is 12.3 Å². The van der Waals surface area contributed by atoms with Crippen molar-refractivity contribution in [2.45, 2.75) is 45.8 Å². The lowest BCUT2D eigenvalue weighted by Gasteiger charge is -2.29. The second-order valence-corrected chi connectivity index (χ2v) is 4.84. The highest BCUT2D eigenvalue weighted by molar-refractivity contribution is 5.08. The Hall–Kier alpha value is -0.800. The predicted molar refractivity (Wildman–Crippen MR) is 70.1 cm³/mol. The molecule has 2 unspecified atom stereocenters. The van der Waals surface area contributed by atoms with Gasteiger partial charge in [-0.2, -0.15) is 0 Å². The maximum atomic E-state index is 5.63. The Balaban J connectivity index is 2.64. The van der Waals surface area contributed by atoms with Gasteiger partial charge in [-0.3, -0.25) is 0 Å². The average Bonchev–Trinajstić information content (AvgIpc) is 2.78. The molecular formula is C14H25NO2. The molecule has 1 heterocycles. The molecule has 0 aromatic carbocycles. The van der Waals surface area contributed by atoms with Crippen LogP contribution in [0.1, 0.15) is 32.8 Å². The zero-order valence-electron chi connectivity index (χ0n) is 11.4. The summed E-state index contributed by atoms with van der Waals surface area (Å²) in [6, 6.07) is 2.37. The molecular weight excluding hydrogens is 214 g/mol. The molecule has 1 rings (SSSR count). The number of rotatable bonds is 8. The van der Waals surface area contributed by atoms with Crippen molar-refractivity contribution in [3.05, 3.63) is 24.2 Å². The summed E-state index contributed by atoms with van der Waals surface area (Å²) in [4.78, 5) is 0. The number of furan rings is 1. The Bertz CT molecular complexity index is 282. The van der Waals surface area contributed by atoms with Crippen LogP contribution in [-0.2, 0) is 11.2 Å². The van der Waals surface area contributed by atoms with Crippen LogP contribution >= 0.6 is 0 Å². The smallest absolute Gasteiger partial charge is 0.0935 e. The van der Waals surface area contributed by atoms with E-state index in [9.17, 15) is 0 Å². The van der Waals surface area contributed by atoms with E-state index in [1.54, 1.807) is 13.4 Å². The first-order valence-electron chi connectivity index (χ1n) is 6.46. The molecule has 3 nitrogen and oxygen atoms in total. The Labute approximate surface area is 105 Å². The van der Waals surface area contributed by atoms with Crippen molar-refractivity contribution >= 4 is 0 Å². The fourth-order valence-corrected chi connectivity index (χ4v) is 2.20. The van der Waals surface area contributed by atoms with E-state index in [1.165, 1.54) is 5.56 Å². The van der Waals surface area contributed by atoms with Gasteiger partial charge in [-0.15, -0.1) is 0 Å². The number of ether oxygens (including phenoxy) is 1. The summed E-state index contributed by atoms with van der Waals surface area (Å²) < 4.78 is 10.8. The second-order valence-electron chi connectivity index (χ2n) is 4.84. The van der Waals surface area contributed by atoms with Gasteiger partial charge >= 0.3 is 0 Å². The number of nitrogens with one attached hydrogen (secondary N) is 1. The van der Waals surface area contributed by atoms with Gasteiger partial charge in [0.25, 0.3) is 0 Å². The van der Waals surface area contributed by atoms with Gasteiger partial charge in [0.05, 0.1) is 18.6 Å². The van der Waals surface area contributed by atoms with Crippen LogP contribution in [0.4, 0.5) is 0 Å². The summed E-state index contributed by atoms with van der Waals surface area (Å²) in [6.45, 7) is 7.60. The molecule has 2 atom stereocenters. The van der Waals surface area contributed by atoms with Gasteiger partial charge in [0.15, 0.2) is 0 Å². The molecule has 0 saturated heterocycles. The van der Waals surface area contributed by atoms with Crippen molar-refractivity contribution in [1.82, 2.24) is 5.32 Å². The van der Waals surface area contributed by atoms with Gasteiger partial charge in [-0.1, -0.05) is 20.8 Å². The lowest BCUT2D eigenvalue weighted by molar-refractivity contribution is 0.0332. The topological polar surface area (TPSA) is 34.4 Å². The first-order chi connectivity index (χ1) is 8.19. The van der Waals surface area contributed by atoms with E-state index >= 15 is 0 Å². The predicted octanol–water partition coefficient (Wildman–Crippen LogP) is 2.86. The van der Waals surface area contributed by atoms with Crippen LogP contribution in [0.5, 0.6) is 0 Å². The zero-order valence-corrected chi connectivity index (χ0v) is 11.4. The minimum Gasteiger partial charge on any atom is -0.472 e. The van der Waals surface area contributed by atoms with Gasteiger partial charge < -0.3 is 14.5 Å². The molecule has 17 heavy (non-hydrogen) atoms. The summed E-state index contributed by atoms with van der Waals surface area (Å²) in [6.07, 6.45) is 5.86. The highest BCUT2D eigenvalue weighted by Gasteiger charge is 2.24. The molecule has 1 aromatic rings. The van der Waals surface area contributed by atoms with Gasteiger partial charge in [0.2, 0.25) is 0 Å². The fourth-order valence-electron chi connectivity index (χ4n) is 2.20. The van der Waals surface area contributed by atoms with Crippen LogP contribution in [0, 0.1) is 5.92 Å². The molecule has 1 aromatic heterocycles. The van der Waals surface area contributed by atoms with Crippen LogP contribution in [0.3, 0.4) is 0 Å². The molecule has 0 spiro atoms. The lowest BCUT2D eigenvalue weighted by Crippen LogP contribution is -2.45. The average molecular weight is 239 g/mol. The van der Waals surface area contributed by atoms with Gasteiger partial charge in [-0.25, -0.2) is 0 Å². The molecule has 0 bridgehead atoms. The molecule has 0 aliphatic rings. The maximum absolute atomic E-state index is 5.63. The van der Waals surface area contributed by atoms with E-state index in [0.29, 0.717) is 12.0 Å². The zero-order chi connectivity index (χ0) is 12.7. The number of hydrogen-bond acceptors (Lipinski definition) is 3. The van der Waals surface area contributed by atoms with Crippen LogP contribution in [0.15, 0.2) is 23.0 Å². The molecule has 0 aliphatic heterocycles. The molecule has 0 radical (unpaired) electrons. The Morgan fingerprint density at radius 2 is 2.18 bits per heavy atom. The first kappa shape index (κ1) is 14.3. The summed E-state index contributed by atoms with van der Waals surface area (Å²) >= 11 is 0. The minimum atomic E-state index is 0.233. The quantitative estimate of drug-likeness (QED) is 0.757. The molecule has 1 N–H and O–H groups in total. The van der Waals surface area contributed by atoms with Crippen molar-refractivity contribution in [1.29, 1.82) is 0 Å². The van der Waals surface area contributed by atoms with E-state index in [2.05, 4.69) is 26.1 Å². The van der Waals surface area contributed by atoms with E-state index < -0.39 is 0 Å². The van der Waals surface area contributed by atoms with E-state index in [-0.39, 0.29) is 6.10 Å². The normalized spacial score (nSPS) is 15.1. The summed E-state index contributed by atoms with van der Waals surface area (Å²) in [5.41, 5.74) is 1.22. The Morgan fingerprint density at radius 1 is 1.41 bits per heavy atom. The van der Waals surface area contributed by atoms with Crippen LogP contribution < -0.4 is 5.32 Å². The number of methoxy groups -OCH3 is 1. The Morgan fingerprint density at radius 3 is 2.65 bits per heavy atom. The highest BCUT2D eigenvalue weighted by atomic mass is 16.5. The molecule has 0 saturated carbocycles. The van der Waals surface area contributed by atoms with Crippen molar-refractivity contribution in [2.75, 3.05) is 13.7 Å². The molecule has 0 fully saturated rings. The SMILES string of the molecule is CCCNC(Cc1ccoc1)C(OC)C(C)C. The van der Waals surface area contributed by atoms with Crippen molar-refractivity contribution < 1.29 is 9.15 Å². The third-order valence-electron chi connectivity index (χ3n) is 3.02. The second kappa shape index (κ2) is 7.51. The van der Waals surface area contributed by atoms with Crippen LogP contribution in [0.25, 0.3) is 0 Å². The van der Waals surface area contributed by atoms with Gasteiger partial charge in [-0.05, 0) is 36.9 Å². The van der Waals surface area contributed by atoms with Crippen LogP contribution in [-0.4, -0.2) is 25.8 Å². The molecule has 0 aliphatic carbocycles.